The van der Waals surface area contributed by atoms with Gasteiger partial charge in [0.05, 0.1) is 11.0 Å². The Balaban J connectivity index is 0.950. The highest BCUT2D eigenvalue weighted by Gasteiger charge is 2.14. The lowest BCUT2D eigenvalue weighted by atomic mass is 9.99. The van der Waals surface area contributed by atoms with Crippen LogP contribution in [-0.4, -0.2) is 19.5 Å². The van der Waals surface area contributed by atoms with E-state index < -0.39 is 0 Å². The molecule has 0 unspecified atom stereocenters. The van der Waals surface area contributed by atoms with Crippen molar-refractivity contribution in [1.29, 1.82) is 0 Å². The second kappa shape index (κ2) is 13.8. The molecule has 2 aromatic heterocycles. The van der Waals surface area contributed by atoms with E-state index in [1.807, 2.05) is 36.4 Å². The average Bonchev–Trinajstić information content (AvgIpc) is 3.61. The molecule has 0 saturated carbocycles. The number of nitrogens with zero attached hydrogens (tertiary/aromatic N) is 4. The molecule has 10 aromatic rings. The number of fused-ring (bicyclic) bond motifs is 3. The second-order valence-electron chi connectivity index (χ2n) is 13.7. The fourth-order valence-electron chi connectivity index (χ4n) is 7.46. The number of rotatable bonds is 7. The molecule has 0 saturated heterocycles. The molecule has 0 spiro atoms. The largest absolute Gasteiger partial charge is 0.309 e. The summed E-state index contributed by atoms with van der Waals surface area (Å²) in [6.45, 7) is 0. The van der Waals surface area contributed by atoms with Crippen molar-refractivity contribution in [2.24, 2.45) is 0 Å². The zero-order valence-electron chi connectivity index (χ0n) is 29.9. The molecule has 0 fully saturated rings. The van der Waals surface area contributed by atoms with Gasteiger partial charge in [-0.1, -0.05) is 182 Å². The predicted octanol–water partition coefficient (Wildman–Crippen LogP) is 13.0. The zero-order chi connectivity index (χ0) is 36.6. The first-order valence-corrected chi connectivity index (χ1v) is 18.5. The van der Waals surface area contributed by atoms with Gasteiger partial charge in [-0.2, -0.15) is 0 Å². The lowest BCUT2D eigenvalue weighted by molar-refractivity contribution is 1.07. The SMILES string of the molecule is c1ccc(-c2ccc(-c3ccc(-c4nc(-c5ccccc5)nc(-c5ccc(-c6ccc(-n7c8ccccc8c8ccccc87)cc6)cc5)n4)cc3)cc2)cc1. The van der Waals surface area contributed by atoms with Crippen molar-refractivity contribution < 1.29 is 0 Å². The van der Waals surface area contributed by atoms with Crippen LogP contribution in [0.15, 0.2) is 206 Å². The number of para-hydroxylation sites is 2. The van der Waals surface area contributed by atoms with Crippen LogP contribution in [0, 0.1) is 0 Å². The normalized spacial score (nSPS) is 11.3. The zero-order valence-corrected chi connectivity index (χ0v) is 29.9. The molecule has 0 amide bonds. The van der Waals surface area contributed by atoms with Crippen molar-refractivity contribution in [1.82, 2.24) is 19.5 Å². The van der Waals surface area contributed by atoms with Crippen LogP contribution < -0.4 is 0 Å². The Kier molecular flexibility index (Phi) is 8.12. The Hall–Kier alpha value is -7.43. The molecule has 0 radical (unpaired) electrons. The van der Waals surface area contributed by atoms with Gasteiger partial charge in [0.25, 0.3) is 0 Å². The van der Waals surface area contributed by atoms with Gasteiger partial charge in [0, 0.05) is 33.2 Å². The van der Waals surface area contributed by atoms with Gasteiger partial charge in [0.2, 0.25) is 0 Å². The fraction of sp³-hybridized carbons (Fsp3) is 0. The van der Waals surface area contributed by atoms with Crippen molar-refractivity contribution in [3.05, 3.63) is 206 Å². The molecule has 10 rings (SSSR count). The Morgan fingerprint density at radius 2 is 0.509 bits per heavy atom. The minimum Gasteiger partial charge on any atom is -0.309 e. The summed E-state index contributed by atoms with van der Waals surface area (Å²) in [5.74, 6) is 1.92. The van der Waals surface area contributed by atoms with E-state index in [0.717, 1.165) is 44.6 Å². The van der Waals surface area contributed by atoms with Crippen LogP contribution in [0.1, 0.15) is 0 Å². The highest BCUT2D eigenvalue weighted by molar-refractivity contribution is 6.09. The topological polar surface area (TPSA) is 43.6 Å². The standard InChI is InChI=1S/C51H34N4/c1-3-11-35(12-4-1)36-19-21-37(22-20-36)38-23-27-42(28-24-38)50-52-49(41-13-5-2-6-14-41)53-51(54-50)43-29-25-39(26-30-43)40-31-33-44(34-32-40)55-47-17-9-7-15-45(47)46-16-8-10-18-48(46)55/h1-34H. The van der Waals surface area contributed by atoms with Gasteiger partial charge in [-0.25, -0.2) is 15.0 Å². The summed E-state index contributed by atoms with van der Waals surface area (Å²) in [5.41, 5.74) is 13.3. The highest BCUT2D eigenvalue weighted by Crippen LogP contribution is 2.34. The second-order valence-corrected chi connectivity index (χ2v) is 13.7. The Morgan fingerprint density at radius 3 is 0.909 bits per heavy atom. The third-order valence-corrected chi connectivity index (χ3v) is 10.3. The maximum absolute atomic E-state index is 5.01. The molecule has 0 aliphatic heterocycles. The van der Waals surface area contributed by atoms with E-state index in [1.54, 1.807) is 0 Å². The van der Waals surface area contributed by atoms with Crippen molar-refractivity contribution in [3.63, 3.8) is 0 Å². The van der Waals surface area contributed by atoms with Gasteiger partial charge in [0.1, 0.15) is 0 Å². The van der Waals surface area contributed by atoms with E-state index in [-0.39, 0.29) is 0 Å². The van der Waals surface area contributed by atoms with Crippen molar-refractivity contribution in [3.8, 4) is 73.2 Å². The van der Waals surface area contributed by atoms with Crippen molar-refractivity contribution >= 4 is 21.8 Å². The van der Waals surface area contributed by atoms with Crippen molar-refractivity contribution in [2.45, 2.75) is 0 Å². The Morgan fingerprint density at radius 1 is 0.236 bits per heavy atom. The molecular formula is C51H34N4. The van der Waals surface area contributed by atoms with Crippen LogP contribution in [0.5, 0.6) is 0 Å². The molecule has 0 bridgehead atoms. The van der Waals surface area contributed by atoms with Crippen LogP contribution in [0.3, 0.4) is 0 Å². The molecule has 258 valence electrons. The summed E-state index contributed by atoms with van der Waals surface area (Å²) < 4.78 is 2.34. The summed E-state index contributed by atoms with van der Waals surface area (Å²) in [4.78, 5) is 14.9. The lowest BCUT2D eigenvalue weighted by Crippen LogP contribution is -2.00. The van der Waals surface area contributed by atoms with E-state index in [0.29, 0.717) is 17.5 Å². The predicted molar refractivity (Wildman–Crippen MR) is 227 cm³/mol. The minimum atomic E-state index is 0.637. The molecular weight excluding hydrogens is 669 g/mol. The molecule has 0 aliphatic rings. The van der Waals surface area contributed by atoms with E-state index >= 15 is 0 Å². The van der Waals surface area contributed by atoms with Gasteiger partial charge in [0.15, 0.2) is 17.5 Å². The molecule has 8 aromatic carbocycles. The van der Waals surface area contributed by atoms with E-state index in [4.69, 9.17) is 15.0 Å². The average molecular weight is 703 g/mol. The molecule has 0 aliphatic carbocycles. The first-order chi connectivity index (χ1) is 27.2. The quantitative estimate of drug-likeness (QED) is 0.166. The van der Waals surface area contributed by atoms with Gasteiger partial charge >= 0.3 is 0 Å². The smallest absolute Gasteiger partial charge is 0.164 e. The summed E-state index contributed by atoms with van der Waals surface area (Å²) in [6.07, 6.45) is 0. The fourth-order valence-corrected chi connectivity index (χ4v) is 7.46. The van der Waals surface area contributed by atoms with Crippen LogP contribution in [0.25, 0.3) is 95.0 Å². The van der Waals surface area contributed by atoms with Crippen molar-refractivity contribution in [2.75, 3.05) is 0 Å². The Bertz CT molecular complexity index is 2860. The highest BCUT2D eigenvalue weighted by atomic mass is 15.0. The maximum Gasteiger partial charge on any atom is 0.164 e. The molecule has 4 nitrogen and oxygen atoms in total. The third-order valence-electron chi connectivity index (χ3n) is 10.3. The van der Waals surface area contributed by atoms with Crippen LogP contribution in [-0.2, 0) is 0 Å². The minimum absolute atomic E-state index is 0.637. The van der Waals surface area contributed by atoms with E-state index in [9.17, 15) is 0 Å². The molecule has 0 atom stereocenters. The number of hydrogen-bond donors (Lipinski definition) is 0. The molecule has 0 N–H and O–H groups in total. The van der Waals surface area contributed by atoms with Crippen LogP contribution >= 0.6 is 0 Å². The summed E-state index contributed by atoms with van der Waals surface area (Å²) in [5, 5.41) is 2.52. The molecule has 4 heteroatoms. The summed E-state index contributed by atoms with van der Waals surface area (Å²) in [7, 11) is 0. The van der Waals surface area contributed by atoms with Crippen LogP contribution in [0.2, 0.25) is 0 Å². The van der Waals surface area contributed by atoms with Gasteiger partial charge in [-0.15, -0.1) is 0 Å². The van der Waals surface area contributed by atoms with Gasteiger partial charge in [-0.3, -0.25) is 0 Å². The maximum atomic E-state index is 5.01. The number of aromatic nitrogens is 4. The monoisotopic (exact) mass is 702 g/mol. The first-order valence-electron chi connectivity index (χ1n) is 18.5. The summed E-state index contributed by atoms with van der Waals surface area (Å²) in [6, 6.07) is 72.3. The molecule has 2 heterocycles. The Labute approximate surface area is 319 Å². The van der Waals surface area contributed by atoms with Gasteiger partial charge in [-0.05, 0) is 57.6 Å². The van der Waals surface area contributed by atoms with E-state index in [1.165, 1.54) is 32.9 Å². The lowest BCUT2D eigenvalue weighted by Gasteiger charge is -2.11. The number of benzene rings is 8. The third kappa shape index (κ3) is 6.16. The van der Waals surface area contributed by atoms with E-state index in [2.05, 4.69) is 174 Å². The van der Waals surface area contributed by atoms with Gasteiger partial charge < -0.3 is 4.57 Å². The van der Waals surface area contributed by atoms with Crippen LogP contribution in [0.4, 0.5) is 0 Å². The summed E-state index contributed by atoms with van der Waals surface area (Å²) >= 11 is 0. The first kappa shape index (κ1) is 32.2. The number of hydrogen-bond acceptors (Lipinski definition) is 3. The molecule has 55 heavy (non-hydrogen) atoms.